The molecular formula is C16H20N4O. The molecule has 0 radical (unpaired) electrons. The van der Waals surface area contributed by atoms with Gasteiger partial charge in [-0.2, -0.15) is 5.10 Å². The van der Waals surface area contributed by atoms with Gasteiger partial charge < -0.3 is 9.73 Å². The van der Waals surface area contributed by atoms with Gasteiger partial charge in [0.2, 0.25) is 5.82 Å². The molecule has 2 aromatic heterocycles. The molecule has 0 amide bonds. The Morgan fingerprint density at radius 2 is 2.33 bits per heavy atom. The van der Waals surface area contributed by atoms with Crippen LogP contribution in [0.15, 0.2) is 35.0 Å². The quantitative estimate of drug-likeness (QED) is 0.631. The van der Waals surface area contributed by atoms with Crippen LogP contribution in [0.4, 0.5) is 0 Å². The predicted octanol–water partition coefficient (Wildman–Crippen LogP) is 2.41. The summed E-state index contributed by atoms with van der Waals surface area (Å²) in [4.78, 5) is 4.45. The van der Waals surface area contributed by atoms with E-state index in [2.05, 4.69) is 32.7 Å². The Morgan fingerprint density at radius 1 is 1.33 bits per heavy atom. The number of hydrogen-bond acceptors (Lipinski definition) is 4. The molecule has 110 valence electrons. The van der Waals surface area contributed by atoms with Crippen molar-refractivity contribution in [1.82, 2.24) is 20.5 Å². The molecule has 0 aromatic carbocycles. The van der Waals surface area contributed by atoms with Gasteiger partial charge in [-0.25, -0.2) is 4.98 Å². The van der Waals surface area contributed by atoms with E-state index in [0.29, 0.717) is 11.6 Å². The van der Waals surface area contributed by atoms with Gasteiger partial charge in [-0.05, 0) is 49.3 Å². The van der Waals surface area contributed by atoms with E-state index in [1.165, 1.54) is 12.8 Å². The van der Waals surface area contributed by atoms with Crippen molar-refractivity contribution in [2.24, 2.45) is 17.8 Å². The Labute approximate surface area is 123 Å². The van der Waals surface area contributed by atoms with Crippen LogP contribution >= 0.6 is 0 Å². The summed E-state index contributed by atoms with van der Waals surface area (Å²) in [6.07, 6.45) is 10.0. The van der Waals surface area contributed by atoms with Gasteiger partial charge in [-0.15, -0.1) is 0 Å². The Kier molecular flexibility index (Phi) is 3.35. The van der Waals surface area contributed by atoms with Gasteiger partial charge in [0.1, 0.15) is 5.82 Å². The highest BCUT2D eigenvalue weighted by molar-refractivity contribution is 5.45. The number of nitrogens with zero attached hydrogens (tertiary/aromatic N) is 2. The van der Waals surface area contributed by atoms with Crippen LogP contribution in [0.5, 0.6) is 0 Å². The minimum Gasteiger partial charge on any atom is -0.461 e. The van der Waals surface area contributed by atoms with Gasteiger partial charge >= 0.3 is 0 Å². The van der Waals surface area contributed by atoms with Crippen LogP contribution in [0.25, 0.3) is 11.6 Å². The summed E-state index contributed by atoms with van der Waals surface area (Å²) in [6.45, 7) is 2.05. The van der Waals surface area contributed by atoms with E-state index in [0.717, 1.165) is 43.1 Å². The number of nitrogens with one attached hydrogen (secondary N) is 2. The van der Waals surface area contributed by atoms with Crippen molar-refractivity contribution in [2.75, 3.05) is 13.1 Å². The molecule has 1 saturated carbocycles. The van der Waals surface area contributed by atoms with Gasteiger partial charge in [-0.1, -0.05) is 12.2 Å². The lowest BCUT2D eigenvalue weighted by Crippen LogP contribution is -2.27. The summed E-state index contributed by atoms with van der Waals surface area (Å²) < 4.78 is 5.29. The zero-order chi connectivity index (χ0) is 14.1. The molecule has 0 spiro atoms. The highest BCUT2D eigenvalue weighted by Crippen LogP contribution is 2.42. The summed E-state index contributed by atoms with van der Waals surface area (Å²) in [5.41, 5.74) is 0. The SMILES string of the molecule is C1=C[C@H]2C[C@H]1C[C@@H]2CNCCc1nc(-c2ccco2)n[nH]1. The number of aromatic nitrogens is 3. The number of H-pyrrole nitrogens is 1. The first-order valence-corrected chi connectivity index (χ1v) is 7.72. The molecule has 1 fully saturated rings. The van der Waals surface area contributed by atoms with Crippen molar-refractivity contribution in [2.45, 2.75) is 19.3 Å². The second-order valence-corrected chi connectivity index (χ2v) is 6.08. The maximum atomic E-state index is 5.29. The maximum absolute atomic E-state index is 5.29. The lowest BCUT2D eigenvalue weighted by atomic mass is 9.94. The molecule has 5 nitrogen and oxygen atoms in total. The Balaban J connectivity index is 1.23. The molecule has 2 N–H and O–H groups in total. The molecule has 0 aliphatic heterocycles. The van der Waals surface area contributed by atoms with Crippen LogP contribution in [-0.2, 0) is 6.42 Å². The van der Waals surface area contributed by atoms with Gasteiger partial charge in [0.25, 0.3) is 0 Å². The van der Waals surface area contributed by atoms with Crippen LogP contribution in [0, 0.1) is 17.8 Å². The topological polar surface area (TPSA) is 66.7 Å². The van der Waals surface area contributed by atoms with Crippen molar-refractivity contribution >= 4 is 0 Å². The molecule has 2 aliphatic carbocycles. The molecule has 2 bridgehead atoms. The Hall–Kier alpha value is -1.88. The smallest absolute Gasteiger partial charge is 0.216 e. The molecule has 21 heavy (non-hydrogen) atoms. The molecule has 0 unspecified atom stereocenters. The fraction of sp³-hybridized carbons (Fsp3) is 0.500. The standard InChI is InChI=1S/C16H20N4O/c1-2-14(21-7-1)16-18-15(19-20-16)5-6-17-10-13-9-11-3-4-12(13)8-11/h1-4,7,11-13,17H,5-6,8-10H2,(H,18,19,20)/t11-,12-,13+/m0/s1. The van der Waals surface area contributed by atoms with E-state index in [1.807, 2.05) is 12.1 Å². The third kappa shape index (κ3) is 2.65. The van der Waals surface area contributed by atoms with Gasteiger partial charge in [0.15, 0.2) is 5.76 Å². The second kappa shape index (κ2) is 5.48. The Bertz CT molecular complexity index is 616. The summed E-state index contributed by atoms with van der Waals surface area (Å²) >= 11 is 0. The van der Waals surface area contributed by atoms with Crippen molar-refractivity contribution in [3.05, 3.63) is 36.4 Å². The summed E-state index contributed by atoms with van der Waals surface area (Å²) in [6, 6.07) is 3.71. The summed E-state index contributed by atoms with van der Waals surface area (Å²) in [5.74, 6) is 4.74. The molecule has 2 aromatic rings. The third-order valence-corrected chi connectivity index (χ3v) is 4.63. The van der Waals surface area contributed by atoms with E-state index in [9.17, 15) is 0 Å². The van der Waals surface area contributed by atoms with E-state index in [1.54, 1.807) is 6.26 Å². The number of aromatic amines is 1. The minimum atomic E-state index is 0.633. The lowest BCUT2D eigenvalue weighted by Gasteiger charge is -2.18. The fourth-order valence-electron chi connectivity index (χ4n) is 3.55. The number of hydrogen-bond donors (Lipinski definition) is 2. The normalized spacial score (nSPS) is 26.8. The van der Waals surface area contributed by atoms with Gasteiger partial charge in [0.05, 0.1) is 6.26 Å². The zero-order valence-corrected chi connectivity index (χ0v) is 12.0. The fourth-order valence-corrected chi connectivity index (χ4v) is 3.55. The van der Waals surface area contributed by atoms with Crippen LogP contribution < -0.4 is 5.32 Å². The number of rotatable bonds is 6. The van der Waals surface area contributed by atoms with E-state index in [4.69, 9.17) is 4.42 Å². The van der Waals surface area contributed by atoms with Gasteiger partial charge in [-0.3, -0.25) is 5.10 Å². The first-order valence-electron chi connectivity index (χ1n) is 7.72. The monoisotopic (exact) mass is 284 g/mol. The Morgan fingerprint density at radius 3 is 3.10 bits per heavy atom. The highest BCUT2D eigenvalue weighted by atomic mass is 16.3. The first-order chi connectivity index (χ1) is 10.4. The average Bonchev–Trinajstić information content (AvgIpc) is 3.27. The largest absolute Gasteiger partial charge is 0.461 e. The third-order valence-electron chi connectivity index (χ3n) is 4.63. The minimum absolute atomic E-state index is 0.633. The molecule has 5 heteroatoms. The summed E-state index contributed by atoms with van der Waals surface area (Å²) in [5, 5.41) is 10.7. The second-order valence-electron chi connectivity index (χ2n) is 6.08. The van der Waals surface area contributed by atoms with Crippen molar-refractivity contribution in [1.29, 1.82) is 0 Å². The highest BCUT2D eigenvalue weighted by Gasteiger charge is 2.34. The number of furan rings is 1. The van der Waals surface area contributed by atoms with Gasteiger partial charge in [0, 0.05) is 13.0 Å². The van der Waals surface area contributed by atoms with Crippen molar-refractivity contribution in [3.8, 4) is 11.6 Å². The maximum Gasteiger partial charge on any atom is 0.216 e. The van der Waals surface area contributed by atoms with Crippen molar-refractivity contribution < 1.29 is 4.42 Å². The van der Waals surface area contributed by atoms with Crippen LogP contribution in [-0.4, -0.2) is 28.3 Å². The average molecular weight is 284 g/mol. The molecule has 2 aliphatic rings. The molecular weight excluding hydrogens is 264 g/mol. The first kappa shape index (κ1) is 12.8. The number of allylic oxidation sites excluding steroid dienone is 2. The lowest BCUT2D eigenvalue weighted by molar-refractivity contribution is 0.415. The van der Waals surface area contributed by atoms with Crippen LogP contribution in [0.1, 0.15) is 18.7 Å². The molecule has 2 heterocycles. The number of fused-ring (bicyclic) bond motifs is 2. The van der Waals surface area contributed by atoms with E-state index in [-0.39, 0.29) is 0 Å². The predicted molar refractivity (Wildman–Crippen MR) is 79.5 cm³/mol. The van der Waals surface area contributed by atoms with Crippen LogP contribution in [0.3, 0.4) is 0 Å². The van der Waals surface area contributed by atoms with E-state index < -0.39 is 0 Å². The van der Waals surface area contributed by atoms with Crippen LogP contribution in [0.2, 0.25) is 0 Å². The van der Waals surface area contributed by atoms with Crippen molar-refractivity contribution in [3.63, 3.8) is 0 Å². The zero-order valence-electron chi connectivity index (χ0n) is 12.0. The molecule has 3 atom stereocenters. The molecule has 4 rings (SSSR count). The van der Waals surface area contributed by atoms with E-state index >= 15 is 0 Å². The molecule has 0 saturated heterocycles. The summed E-state index contributed by atoms with van der Waals surface area (Å²) in [7, 11) is 0.